The lowest BCUT2D eigenvalue weighted by Crippen LogP contribution is -2.31. The second-order valence-electron chi connectivity index (χ2n) is 10.8. The van der Waals surface area contributed by atoms with Crippen LogP contribution in [0.5, 0.6) is 5.75 Å². The van der Waals surface area contributed by atoms with Crippen molar-refractivity contribution in [1.82, 2.24) is 25.5 Å². The number of benzene rings is 1. The molecule has 1 fully saturated rings. The standard InChI is InChI=1S/C33H40N8O4/c1-5-7-20-14-15-37-23(16-20)19-41(3)33(44)26-13-12-22(18-38-26)24-8-6-9-25(30(24)45-4)39-27(29(35)32(43)36-2)17-28(34)40-31(42)21-10-11-21/h6,8-9,12-18,21,39H,5,7,10-11,19,34-35H2,1-4H3,(H,36,43)(H,40,42)/b28-17+,29-27+. The van der Waals surface area contributed by atoms with Crippen molar-refractivity contribution in [3.05, 3.63) is 95.1 Å². The third-order valence-corrected chi connectivity index (χ3v) is 7.22. The number of aromatic nitrogens is 2. The average molecular weight is 613 g/mol. The summed E-state index contributed by atoms with van der Waals surface area (Å²) in [5.74, 6) is -0.534. The van der Waals surface area contributed by atoms with E-state index in [2.05, 4.69) is 32.8 Å². The van der Waals surface area contributed by atoms with E-state index in [-0.39, 0.29) is 40.6 Å². The zero-order valence-corrected chi connectivity index (χ0v) is 26.0. The molecule has 2 aromatic heterocycles. The molecule has 2 heterocycles. The molecule has 3 amide bonds. The first-order chi connectivity index (χ1) is 21.6. The summed E-state index contributed by atoms with van der Waals surface area (Å²) in [6.45, 7) is 2.48. The largest absolute Gasteiger partial charge is 0.494 e. The van der Waals surface area contributed by atoms with Crippen molar-refractivity contribution in [2.24, 2.45) is 17.4 Å². The van der Waals surface area contributed by atoms with Crippen LogP contribution in [0.15, 0.2) is 78.1 Å². The van der Waals surface area contributed by atoms with Gasteiger partial charge >= 0.3 is 0 Å². The Morgan fingerprint density at radius 3 is 2.53 bits per heavy atom. The van der Waals surface area contributed by atoms with Gasteiger partial charge in [-0.3, -0.25) is 24.4 Å². The number of allylic oxidation sites excluding steroid dienone is 1. The van der Waals surface area contributed by atoms with Crippen molar-refractivity contribution in [2.45, 2.75) is 39.2 Å². The molecule has 0 spiro atoms. The number of rotatable bonds is 13. The van der Waals surface area contributed by atoms with Crippen LogP contribution < -0.4 is 32.2 Å². The second-order valence-corrected chi connectivity index (χ2v) is 10.8. The van der Waals surface area contributed by atoms with Crippen LogP contribution in [0, 0.1) is 5.92 Å². The maximum Gasteiger partial charge on any atom is 0.272 e. The topological polar surface area (TPSA) is 178 Å². The van der Waals surface area contributed by atoms with E-state index in [1.807, 2.05) is 18.2 Å². The number of nitrogens with one attached hydrogen (secondary N) is 3. The Labute approximate surface area is 262 Å². The summed E-state index contributed by atoms with van der Waals surface area (Å²) in [6, 6.07) is 12.8. The zero-order valence-electron chi connectivity index (χ0n) is 26.0. The highest BCUT2D eigenvalue weighted by molar-refractivity contribution is 5.95. The first-order valence-electron chi connectivity index (χ1n) is 14.7. The number of pyridine rings is 2. The minimum absolute atomic E-state index is 0.0373. The molecule has 3 aromatic rings. The van der Waals surface area contributed by atoms with Crippen LogP contribution in [0.25, 0.3) is 11.1 Å². The molecule has 0 saturated heterocycles. The number of amides is 3. The molecule has 0 bridgehead atoms. The number of ether oxygens (including phenoxy) is 1. The van der Waals surface area contributed by atoms with Gasteiger partial charge in [0, 0.05) is 49.6 Å². The van der Waals surface area contributed by atoms with Crippen LogP contribution in [0.3, 0.4) is 0 Å². The van der Waals surface area contributed by atoms with Crippen LogP contribution in [0.1, 0.15) is 47.9 Å². The number of para-hydroxylation sites is 1. The van der Waals surface area contributed by atoms with Crippen molar-refractivity contribution >= 4 is 23.4 Å². The third-order valence-electron chi connectivity index (χ3n) is 7.22. The summed E-state index contributed by atoms with van der Waals surface area (Å²) >= 11 is 0. The number of hydrogen-bond acceptors (Lipinski definition) is 9. The van der Waals surface area contributed by atoms with Crippen molar-refractivity contribution < 1.29 is 19.1 Å². The normalized spacial score (nSPS) is 13.4. The Hall–Kier alpha value is -5.39. The third kappa shape index (κ3) is 8.37. The molecule has 0 aliphatic heterocycles. The fourth-order valence-corrected chi connectivity index (χ4v) is 4.70. The van der Waals surface area contributed by atoms with Gasteiger partial charge in [0.25, 0.3) is 11.8 Å². The minimum atomic E-state index is -0.538. The summed E-state index contributed by atoms with van der Waals surface area (Å²) in [7, 11) is 4.69. The SMILES string of the molecule is CCCc1ccnc(CN(C)C(=O)c2ccc(-c3cccc(NC(/C=C(\N)NC(=O)C4CC4)=C(/N)C(=O)NC)c3OC)cn2)c1. The molecule has 1 saturated carbocycles. The molecule has 4 rings (SSSR count). The monoisotopic (exact) mass is 612 g/mol. The Kier molecular flexibility index (Phi) is 10.7. The van der Waals surface area contributed by atoms with Gasteiger partial charge in [-0.1, -0.05) is 31.5 Å². The lowest BCUT2D eigenvalue weighted by Gasteiger charge is -2.18. The van der Waals surface area contributed by atoms with Gasteiger partial charge in [-0.2, -0.15) is 0 Å². The first kappa shape index (κ1) is 32.5. The molecule has 7 N–H and O–H groups in total. The highest BCUT2D eigenvalue weighted by Crippen LogP contribution is 2.37. The van der Waals surface area contributed by atoms with Crippen LogP contribution in [0.4, 0.5) is 5.69 Å². The predicted molar refractivity (Wildman–Crippen MR) is 172 cm³/mol. The number of carbonyl (C=O) groups excluding carboxylic acids is 3. The van der Waals surface area contributed by atoms with E-state index in [0.29, 0.717) is 29.1 Å². The van der Waals surface area contributed by atoms with Gasteiger partial charge in [-0.05, 0) is 49.1 Å². The summed E-state index contributed by atoms with van der Waals surface area (Å²) in [5.41, 5.74) is 16.4. The second kappa shape index (κ2) is 14.9. The van der Waals surface area contributed by atoms with Gasteiger partial charge in [0.2, 0.25) is 5.91 Å². The molecule has 12 nitrogen and oxygen atoms in total. The molecule has 1 aliphatic carbocycles. The molecule has 1 aromatic carbocycles. The highest BCUT2D eigenvalue weighted by Gasteiger charge is 2.29. The summed E-state index contributed by atoms with van der Waals surface area (Å²) in [6.07, 6.45) is 8.39. The molecular weight excluding hydrogens is 572 g/mol. The van der Waals surface area contributed by atoms with Gasteiger partial charge < -0.3 is 37.1 Å². The van der Waals surface area contributed by atoms with E-state index in [0.717, 1.165) is 31.4 Å². The summed E-state index contributed by atoms with van der Waals surface area (Å²) in [4.78, 5) is 48.2. The Bertz CT molecular complexity index is 1610. The fraction of sp³-hybridized carbons (Fsp3) is 0.303. The van der Waals surface area contributed by atoms with E-state index < -0.39 is 5.91 Å². The van der Waals surface area contributed by atoms with E-state index >= 15 is 0 Å². The van der Waals surface area contributed by atoms with E-state index in [9.17, 15) is 14.4 Å². The highest BCUT2D eigenvalue weighted by atomic mass is 16.5. The predicted octanol–water partition coefficient (Wildman–Crippen LogP) is 3.03. The van der Waals surface area contributed by atoms with Crippen molar-refractivity contribution in [3.63, 3.8) is 0 Å². The van der Waals surface area contributed by atoms with E-state index in [4.69, 9.17) is 16.2 Å². The van der Waals surface area contributed by atoms with Gasteiger partial charge in [0.15, 0.2) is 0 Å². The number of nitrogens with two attached hydrogens (primary N) is 2. The maximum atomic E-state index is 13.2. The fourth-order valence-electron chi connectivity index (χ4n) is 4.70. The molecule has 45 heavy (non-hydrogen) atoms. The Morgan fingerprint density at radius 2 is 1.89 bits per heavy atom. The molecule has 1 aliphatic rings. The number of carbonyl (C=O) groups is 3. The van der Waals surface area contributed by atoms with E-state index in [1.54, 1.807) is 48.6 Å². The lowest BCUT2D eigenvalue weighted by molar-refractivity contribution is -0.121. The maximum absolute atomic E-state index is 13.2. The first-order valence-corrected chi connectivity index (χ1v) is 14.7. The molecule has 236 valence electrons. The van der Waals surface area contributed by atoms with Crippen LogP contribution in [-0.2, 0) is 22.6 Å². The molecule has 0 atom stereocenters. The number of nitrogens with zero attached hydrogens (tertiary/aromatic N) is 3. The van der Waals surface area contributed by atoms with Crippen LogP contribution in [0.2, 0.25) is 0 Å². The quantitative estimate of drug-likeness (QED) is 0.143. The number of aryl methyl sites for hydroxylation is 1. The number of likely N-dealkylation sites (N-methyl/N-ethyl adjacent to an activating group) is 1. The minimum Gasteiger partial charge on any atom is -0.494 e. The molecular formula is C33H40N8O4. The number of hydrogen-bond donors (Lipinski definition) is 5. The number of anilines is 1. The summed E-state index contributed by atoms with van der Waals surface area (Å²) in [5, 5.41) is 8.26. The lowest BCUT2D eigenvalue weighted by atomic mass is 10.0. The molecule has 12 heteroatoms. The average Bonchev–Trinajstić information content (AvgIpc) is 3.90. The van der Waals surface area contributed by atoms with Crippen LogP contribution in [-0.4, -0.2) is 53.8 Å². The smallest absolute Gasteiger partial charge is 0.272 e. The molecule has 0 unspecified atom stereocenters. The van der Waals surface area contributed by atoms with Gasteiger partial charge in [-0.25, -0.2) is 0 Å². The van der Waals surface area contributed by atoms with Gasteiger partial charge in [0.05, 0.1) is 30.7 Å². The molecule has 0 radical (unpaired) electrons. The number of methoxy groups -OCH3 is 1. The summed E-state index contributed by atoms with van der Waals surface area (Å²) < 4.78 is 5.76. The van der Waals surface area contributed by atoms with Gasteiger partial charge in [-0.15, -0.1) is 0 Å². The van der Waals surface area contributed by atoms with Crippen LogP contribution >= 0.6 is 0 Å². The van der Waals surface area contributed by atoms with Crippen molar-refractivity contribution in [2.75, 3.05) is 26.5 Å². The Morgan fingerprint density at radius 1 is 1.11 bits per heavy atom. The Balaban J connectivity index is 1.56. The van der Waals surface area contributed by atoms with Gasteiger partial charge in [0.1, 0.15) is 23.0 Å². The van der Waals surface area contributed by atoms with E-state index in [1.165, 1.54) is 25.8 Å². The van der Waals surface area contributed by atoms with Crippen molar-refractivity contribution in [1.29, 1.82) is 0 Å². The van der Waals surface area contributed by atoms with Crippen molar-refractivity contribution in [3.8, 4) is 16.9 Å². The zero-order chi connectivity index (χ0) is 32.5.